The summed E-state index contributed by atoms with van der Waals surface area (Å²) in [6, 6.07) is 15.7. The number of fused-ring (bicyclic) bond motifs is 1. The Bertz CT molecular complexity index is 746. The molecule has 0 radical (unpaired) electrons. The van der Waals surface area contributed by atoms with Crippen LogP contribution >= 0.6 is 0 Å². The molecule has 138 valence electrons. The minimum absolute atomic E-state index is 0.0950. The van der Waals surface area contributed by atoms with Gasteiger partial charge in [-0.05, 0) is 29.2 Å². The Balaban J connectivity index is 1.71. The highest BCUT2D eigenvalue weighted by Gasteiger charge is 2.22. The van der Waals surface area contributed by atoms with Gasteiger partial charge in [-0.2, -0.15) is 0 Å². The zero-order chi connectivity index (χ0) is 18.5. The van der Waals surface area contributed by atoms with Gasteiger partial charge in [0.2, 0.25) is 0 Å². The van der Waals surface area contributed by atoms with Crippen molar-refractivity contribution < 1.29 is 14.3 Å². The van der Waals surface area contributed by atoms with Crippen LogP contribution in [0.2, 0.25) is 0 Å². The predicted molar refractivity (Wildman–Crippen MR) is 101 cm³/mol. The highest BCUT2D eigenvalue weighted by molar-refractivity contribution is 5.74. The van der Waals surface area contributed by atoms with Gasteiger partial charge in [-0.15, -0.1) is 0 Å². The Morgan fingerprint density at radius 3 is 2.46 bits per heavy atom. The van der Waals surface area contributed by atoms with Gasteiger partial charge in [-0.25, -0.2) is 4.79 Å². The largest absolute Gasteiger partial charge is 0.486 e. The number of hydrogen-bond acceptors (Lipinski definition) is 3. The summed E-state index contributed by atoms with van der Waals surface area (Å²) in [7, 11) is 1.81. The molecule has 0 bridgehead atoms. The summed E-state index contributed by atoms with van der Waals surface area (Å²) >= 11 is 0. The number of benzene rings is 2. The van der Waals surface area contributed by atoms with E-state index in [4.69, 9.17) is 9.47 Å². The molecule has 26 heavy (non-hydrogen) atoms. The van der Waals surface area contributed by atoms with Crippen molar-refractivity contribution in [3.05, 3.63) is 59.7 Å². The maximum absolute atomic E-state index is 12.7. The first-order chi connectivity index (χ1) is 12.5. The molecule has 0 fully saturated rings. The summed E-state index contributed by atoms with van der Waals surface area (Å²) in [6.45, 7) is 5.88. The van der Waals surface area contributed by atoms with Gasteiger partial charge in [0.05, 0.1) is 6.04 Å². The van der Waals surface area contributed by atoms with Crippen LogP contribution in [-0.2, 0) is 6.54 Å². The number of carbonyl (C=O) groups is 1. The maximum atomic E-state index is 12.7. The van der Waals surface area contributed by atoms with Gasteiger partial charge in [0.1, 0.15) is 13.2 Å². The number of hydrogen-bond donors (Lipinski definition) is 1. The summed E-state index contributed by atoms with van der Waals surface area (Å²) in [5.74, 6) is 1.74. The molecule has 0 saturated carbocycles. The fourth-order valence-electron chi connectivity index (χ4n) is 3.06. The first-order valence-corrected chi connectivity index (χ1v) is 8.99. The Labute approximate surface area is 154 Å². The third kappa shape index (κ3) is 4.28. The van der Waals surface area contributed by atoms with Crippen molar-refractivity contribution in [1.82, 2.24) is 10.2 Å². The predicted octanol–water partition coefficient (Wildman–Crippen LogP) is 4.00. The Morgan fingerprint density at radius 1 is 1.08 bits per heavy atom. The minimum Gasteiger partial charge on any atom is -0.486 e. The summed E-state index contributed by atoms with van der Waals surface area (Å²) in [5.41, 5.74) is 2.12. The molecule has 1 N–H and O–H groups in total. The average Bonchev–Trinajstić information content (AvgIpc) is 2.66. The van der Waals surface area contributed by atoms with Crippen LogP contribution in [0.5, 0.6) is 11.5 Å². The fraction of sp³-hybridized carbons (Fsp3) is 0.381. The molecule has 1 atom stereocenters. The van der Waals surface area contributed by atoms with Crippen molar-refractivity contribution in [1.29, 1.82) is 0 Å². The SMILES string of the molecule is CC(C)C(NC(=O)N(C)Cc1ccccc1)c1ccc2c(c1)OCCO2. The minimum atomic E-state index is -0.100. The van der Waals surface area contributed by atoms with Gasteiger partial charge in [0.15, 0.2) is 11.5 Å². The van der Waals surface area contributed by atoms with E-state index in [-0.39, 0.29) is 18.0 Å². The van der Waals surface area contributed by atoms with E-state index in [0.717, 1.165) is 22.6 Å². The van der Waals surface area contributed by atoms with E-state index >= 15 is 0 Å². The number of urea groups is 1. The second-order valence-electron chi connectivity index (χ2n) is 6.92. The van der Waals surface area contributed by atoms with E-state index < -0.39 is 0 Å². The van der Waals surface area contributed by atoms with E-state index in [1.165, 1.54) is 0 Å². The number of ether oxygens (including phenoxy) is 2. The second kappa shape index (κ2) is 8.13. The average molecular weight is 354 g/mol. The lowest BCUT2D eigenvalue weighted by Gasteiger charge is -2.28. The first-order valence-electron chi connectivity index (χ1n) is 8.99. The highest BCUT2D eigenvalue weighted by atomic mass is 16.6. The van der Waals surface area contributed by atoms with E-state index in [9.17, 15) is 4.79 Å². The number of nitrogens with one attached hydrogen (secondary N) is 1. The van der Waals surface area contributed by atoms with Crippen LogP contribution in [-0.4, -0.2) is 31.2 Å². The van der Waals surface area contributed by atoms with E-state index in [0.29, 0.717) is 19.8 Å². The van der Waals surface area contributed by atoms with Crippen molar-refractivity contribution in [2.45, 2.75) is 26.4 Å². The Hall–Kier alpha value is -2.69. The smallest absolute Gasteiger partial charge is 0.317 e. The van der Waals surface area contributed by atoms with Crippen molar-refractivity contribution in [3.8, 4) is 11.5 Å². The lowest BCUT2D eigenvalue weighted by atomic mass is 9.95. The molecule has 5 nitrogen and oxygen atoms in total. The van der Waals surface area contributed by atoms with Crippen LogP contribution in [0.1, 0.15) is 31.0 Å². The standard InChI is InChI=1S/C21H26N2O3/c1-15(2)20(17-9-10-18-19(13-17)26-12-11-25-18)22-21(24)23(3)14-16-7-5-4-6-8-16/h4-10,13,15,20H,11-12,14H2,1-3H3,(H,22,24). The molecule has 1 aliphatic rings. The van der Waals surface area contributed by atoms with Crippen LogP contribution in [0.3, 0.4) is 0 Å². The zero-order valence-electron chi connectivity index (χ0n) is 15.6. The summed E-state index contributed by atoms with van der Waals surface area (Å²) in [5, 5.41) is 3.15. The molecule has 0 aliphatic carbocycles. The van der Waals surface area contributed by atoms with Crippen molar-refractivity contribution in [3.63, 3.8) is 0 Å². The molecule has 2 aromatic carbocycles. The number of nitrogens with zero attached hydrogens (tertiary/aromatic N) is 1. The number of amides is 2. The second-order valence-corrected chi connectivity index (χ2v) is 6.92. The van der Waals surface area contributed by atoms with E-state index in [2.05, 4.69) is 19.2 Å². The molecule has 2 amide bonds. The monoisotopic (exact) mass is 354 g/mol. The zero-order valence-corrected chi connectivity index (χ0v) is 15.6. The first kappa shape index (κ1) is 18.1. The van der Waals surface area contributed by atoms with Crippen LogP contribution < -0.4 is 14.8 Å². The summed E-state index contributed by atoms with van der Waals surface area (Å²) < 4.78 is 11.3. The Morgan fingerprint density at radius 2 is 1.77 bits per heavy atom. The molecule has 1 heterocycles. The van der Waals surface area contributed by atoms with Crippen molar-refractivity contribution in [2.75, 3.05) is 20.3 Å². The molecule has 2 aromatic rings. The lowest BCUT2D eigenvalue weighted by Crippen LogP contribution is -2.40. The van der Waals surface area contributed by atoms with Crippen LogP contribution in [0, 0.1) is 5.92 Å². The topological polar surface area (TPSA) is 50.8 Å². The Kier molecular flexibility index (Phi) is 5.66. The molecule has 0 saturated heterocycles. The van der Waals surface area contributed by atoms with Gasteiger partial charge >= 0.3 is 6.03 Å². The summed E-state index contributed by atoms with van der Waals surface area (Å²) in [6.07, 6.45) is 0. The van der Waals surface area contributed by atoms with Gasteiger partial charge in [0.25, 0.3) is 0 Å². The van der Waals surface area contributed by atoms with E-state index in [1.54, 1.807) is 4.90 Å². The highest BCUT2D eigenvalue weighted by Crippen LogP contribution is 2.34. The normalized spacial score (nSPS) is 14.0. The summed E-state index contributed by atoms with van der Waals surface area (Å²) in [4.78, 5) is 14.4. The van der Waals surface area contributed by atoms with Gasteiger partial charge < -0.3 is 19.7 Å². The van der Waals surface area contributed by atoms with Gasteiger partial charge in [0, 0.05) is 13.6 Å². The van der Waals surface area contributed by atoms with Crippen LogP contribution in [0.15, 0.2) is 48.5 Å². The molecule has 0 spiro atoms. The molecule has 5 heteroatoms. The molecular weight excluding hydrogens is 328 g/mol. The number of carbonyl (C=O) groups excluding carboxylic acids is 1. The van der Waals surface area contributed by atoms with E-state index in [1.807, 2.05) is 55.6 Å². The maximum Gasteiger partial charge on any atom is 0.317 e. The van der Waals surface area contributed by atoms with Crippen molar-refractivity contribution >= 4 is 6.03 Å². The van der Waals surface area contributed by atoms with Crippen molar-refractivity contribution in [2.24, 2.45) is 5.92 Å². The molecule has 3 rings (SSSR count). The van der Waals surface area contributed by atoms with Crippen LogP contribution in [0.4, 0.5) is 4.79 Å². The molecule has 0 aromatic heterocycles. The fourth-order valence-corrected chi connectivity index (χ4v) is 3.06. The molecular formula is C21H26N2O3. The van der Waals surface area contributed by atoms with Crippen LogP contribution in [0.25, 0.3) is 0 Å². The molecule has 1 unspecified atom stereocenters. The van der Waals surface area contributed by atoms with Gasteiger partial charge in [-0.3, -0.25) is 0 Å². The molecule has 1 aliphatic heterocycles. The number of rotatable bonds is 5. The third-order valence-corrected chi connectivity index (χ3v) is 4.48. The van der Waals surface area contributed by atoms with Gasteiger partial charge in [-0.1, -0.05) is 50.2 Å². The quantitative estimate of drug-likeness (QED) is 0.883. The lowest BCUT2D eigenvalue weighted by molar-refractivity contribution is 0.171. The third-order valence-electron chi connectivity index (χ3n) is 4.48.